The smallest absolute Gasteiger partial charge is 0.410 e. The zero-order chi connectivity index (χ0) is 48.4. The molecule has 0 bridgehead atoms. The summed E-state index contributed by atoms with van der Waals surface area (Å²) in [6, 6.07) is 5.20. The number of hydrogen-bond acceptors (Lipinski definition) is 10. The van der Waals surface area contributed by atoms with Crippen molar-refractivity contribution in [2.75, 3.05) is 27.2 Å². The van der Waals surface area contributed by atoms with Crippen LogP contribution >= 0.6 is 0 Å². The van der Waals surface area contributed by atoms with Crippen molar-refractivity contribution < 1.29 is 47.8 Å². The molecule has 1 heterocycles. The van der Waals surface area contributed by atoms with Gasteiger partial charge in [-0.1, -0.05) is 84.9 Å². The number of nitrogens with one attached hydrogen (secondary N) is 3. The van der Waals surface area contributed by atoms with Gasteiger partial charge in [0, 0.05) is 56.7 Å². The molecule has 7 amide bonds. The van der Waals surface area contributed by atoms with Crippen LogP contribution in [-0.2, 0) is 48.5 Å². The second kappa shape index (κ2) is 21.7. The quantitative estimate of drug-likeness (QED) is 0.104. The Hall–Kier alpha value is -5.54. The first-order valence-electron chi connectivity index (χ1n) is 21.4. The summed E-state index contributed by atoms with van der Waals surface area (Å²) in [7, 11) is 3.08. The van der Waals surface area contributed by atoms with Crippen LogP contribution in [0.4, 0.5) is 4.79 Å². The van der Waals surface area contributed by atoms with Gasteiger partial charge in [-0.05, 0) is 71.8 Å². The van der Waals surface area contributed by atoms with E-state index in [4.69, 9.17) is 9.47 Å². The predicted octanol–water partition coefficient (Wildman–Crippen LogP) is 4.81. The molecule has 350 valence electrons. The fourth-order valence-electron chi connectivity index (χ4n) is 7.02. The van der Waals surface area contributed by atoms with Crippen LogP contribution in [0.1, 0.15) is 115 Å². The molecular weight excluding hydrogens is 809 g/mol. The van der Waals surface area contributed by atoms with E-state index in [1.807, 2.05) is 78.8 Å². The van der Waals surface area contributed by atoms with E-state index in [9.17, 15) is 38.4 Å². The van der Waals surface area contributed by atoms with E-state index < -0.39 is 93.7 Å². The van der Waals surface area contributed by atoms with Crippen LogP contribution in [0.25, 0.3) is 0 Å². The van der Waals surface area contributed by atoms with Crippen molar-refractivity contribution >= 4 is 47.5 Å². The summed E-state index contributed by atoms with van der Waals surface area (Å²) >= 11 is 0. The van der Waals surface area contributed by atoms with Gasteiger partial charge in [0.1, 0.15) is 29.3 Å². The number of carbonyl (C=O) groups is 8. The minimum Gasteiger partial charge on any atom is -0.460 e. The Morgan fingerprint density at radius 1 is 0.762 bits per heavy atom. The lowest BCUT2D eigenvalue weighted by Gasteiger charge is -2.42. The summed E-state index contributed by atoms with van der Waals surface area (Å²) in [5.41, 5.74) is -2.44. The summed E-state index contributed by atoms with van der Waals surface area (Å²) in [5.74, 6) is -4.14. The Kier molecular flexibility index (Phi) is 18.5. The molecule has 0 saturated heterocycles. The summed E-state index contributed by atoms with van der Waals surface area (Å²) in [4.78, 5) is 110. The highest BCUT2D eigenvalue weighted by Crippen LogP contribution is 2.32. The van der Waals surface area contributed by atoms with E-state index in [0.29, 0.717) is 0 Å². The largest absolute Gasteiger partial charge is 0.460 e. The van der Waals surface area contributed by atoms with E-state index in [1.54, 1.807) is 54.7 Å². The second-order valence-electron chi connectivity index (χ2n) is 20.0. The van der Waals surface area contributed by atoms with E-state index in [-0.39, 0.29) is 37.4 Å². The molecule has 1 aliphatic heterocycles. The molecule has 2 rings (SSSR count). The minimum atomic E-state index is -1.21. The van der Waals surface area contributed by atoms with Crippen molar-refractivity contribution in [2.45, 2.75) is 151 Å². The molecule has 1 aromatic rings. The van der Waals surface area contributed by atoms with Gasteiger partial charge in [0.2, 0.25) is 23.6 Å². The molecule has 0 saturated carbocycles. The zero-order valence-corrected chi connectivity index (χ0v) is 40.3. The van der Waals surface area contributed by atoms with E-state index >= 15 is 0 Å². The maximum absolute atomic E-state index is 14.6. The fraction of sp³-hybridized carbons (Fsp3) is 0.617. The maximum atomic E-state index is 14.6. The Morgan fingerprint density at radius 3 is 1.79 bits per heavy atom. The van der Waals surface area contributed by atoms with Crippen LogP contribution in [0.3, 0.4) is 0 Å². The number of benzene rings is 1. The molecule has 1 aromatic carbocycles. The maximum Gasteiger partial charge on any atom is 0.410 e. The third-order valence-corrected chi connectivity index (χ3v) is 10.4. The molecule has 4 atom stereocenters. The van der Waals surface area contributed by atoms with Gasteiger partial charge in [0.05, 0.1) is 6.04 Å². The van der Waals surface area contributed by atoms with Gasteiger partial charge in [-0.2, -0.15) is 0 Å². The van der Waals surface area contributed by atoms with E-state index in [1.165, 1.54) is 23.8 Å². The average Bonchev–Trinajstić information content (AvgIpc) is 3.47. The standard InChI is InChI=1S/C47H72N6O10/c1-29(2)33(28-30(3)39(57)49-32(22-25-36(56)62-45(7,8)9)40(58)48-26-27-53-34(54)23-24-35(53)55)51(15)42(60)37(44(4,5)6)50-41(59)38(52(16)43(61)63-46(10,11)12)47(13,14)31-20-18-17-19-21-31/h17-21,23-24,28-29,32-33,37-38H,22,25-27H2,1-16H3,(H,48,58)(H,49,57)(H,50,59)/b30-28+/t32-,33-,37?,38-/m1/s1. The molecule has 3 N–H and O–H groups in total. The third kappa shape index (κ3) is 16.0. The summed E-state index contributed by atoms with van der Waals surface area (Å²) in [6.07, 6.45) is 2.85. The normalized spacial score (nSPS) is 15.6. The average molecular weight is 881 g/mol. The fourth-order valence-corrected chi connectivity index (χ4v) is 7.02. The van der Waals surface area contributed by atoms with Gasteiger partial charge in [0.15, 0.2) is 0 Å². The number of rotatable bonds is 18. The first-order valence-corrected chi connectivity index (χ1v) is 21.4. The second-order valence-corrected chi connectivity index (χ2v) is 20.0. The molecule has 0 spiro atoms. The van der Waals surface area contributed by atoms with Crippen molar-refractivity contribution in [1.29, 1.82) is 0 Å². The lowest BCUT2D eigenvalue weighted by molar-refractivity contribution is -0.155. The molecule has 0 radical (unpaired) electrons. The number of nitrogens with zero attached hydrogens (tertiary/aromatic N) is 3. The van der Waals surface area contributed by atoms with Crippen molar-refractivity contribution in [3.63, 3.8) is 0 Å². The van der Waals surface area contributed by atoms with E-state index in [2.05, 4.69) is 16.0 Å². The van der Waals surface area contributed by atoms with Gasteiger partial charge in [-0.3, -0.25) is 43.4 Å². The van der Waals surface area contributed by atoms with Crippen LogP contribution in [0, 0.1) is 11.3 Å². The first-order chi connectivity index (χ1) is 28.8. The Morgan fingerprint density at radius 2 is 1.30 bits per heavy atom. The lowest BCUT2D eigenvalue weighted by atomic mass is 9.76. The van der Waals surface area contributed by atoms with Crippen LogP contribution in [0.5, 0.6) is 0 Å². The molecule has 0 fully saturated rings. The summed E-state index contributed by atoms with van der Waals surface area (Å²) in [5, 5.41) is 8.33. The number of amides is 7. The summed E-state index contributed by atoms with van der Waals surface area (Å²) in [6.45, 7) is 24.6. The Bertz CT molecular complexity index is 1880. The molecule has 0 aliphatic carbocycles. The van der Waals surface area contributed by atoms with Gasteiger partial charge < -0.3 is 30.3 Å². The highest BCUT2D eigenvalue weighted by Gasteiger charge is 2.46. The van der Waals surface area contributed by atoms with Gasteiger partial charge in [0.25, 0.3) is 11.8 Å². The lowest BCUT2D eigenvalue weighted by Crippen LogP contribution is -2.63. The van der Waals surface area contributed by atoms with Crippen molar-refractivity contribution in [3.8, 4) is 0 Å². The number of imide groups is 1. The van der Waals surface area contributed by atoms with Crippen molar-refractivity contribution in [2.24, 2.45) is 11.3 Å². The number of esters is 1. The third-order valence-electron chi connectivity index (χ3n) is 10.4. The first kappa shape index (κ1) is 53.6. The van der Waals surface area contributed by atoms with Crippen molar-refractivity contribution in [3.05, 3.63) is 59.7 Å². The predicted molar refractivity (Wildman–Crippen MR) is 240 cm³/mol. The van der Waals surface area contributed by atoms with Crippen LogP contribution in [-0.4, -0.2) is 125 Å². The molecule has 1 aliphatic rings. The van der Waals surface area contributed by atoms with Gasteiger partial charge in [-0.15, -0.1) is 0 Å². The molecule has 1 unspecified atom stereocenters. The topological polar surface area (TPSA) is 201 Å². The van der Waals surface area contributed by atoms with E-state index in [0.717, 1.165) is 22.6 Å². The summed E-state index contributed by atoms with van der Waals surface area (Å²) < 4.78 is 11.1. The van der Waals surface area contributed by atoms with Gasteiger partial charge >= 0.3 is 12.1 Å². The number of hydrogen-bond donors (Lipinski definition) is 3. The zero-order valence-electron chi connectivity index (χ0n) is 40.3. The minimum absolute atomic E-state index is 0.0960. The SMILES string of the molecule is C/C(=C\[C@H](C(C)C)N(C)C(=O)C(NC(=O)[C@@H](N(C)C(=O)OC(C)(C)C)C(C)(C)c1ccccc1)C(C)(C)C)C(=O)N[C@H](CCC(=O)OC(C)(C)C)C(=O)NCCN1C(=O)C=CC1=O. The molecule has 16 nitrogen and oxygen atoms in total. The van der Waals surface area contributed by atoms with Crippen LogP contribution in [0.2, 0.25) is 0 Å². The number of carbonyl (C=O) groups excluding carboxylic acids is 8. The van der Waals surface area contributed by atoms with Gasteiger partial charge in [-0.25, -0.2) is 4.79 Å². The molecule has 63 heavy (non-hydrogen) atoms. The van der Waals surface area contributed by atoms with Crippen molar-refractivity contribution in [1.82, 2.24) is 30.7 Å². The molecule has 0 aromatic heterocycles. The monoisotopic (exact) mass is 881 g/mol. The number of ether oxygens (including phenoxy) is 2. The van der Waals surface area contributed by atoms with Crippen LogP contribution in [0.15, 0.2) is 54.1 Å². The molecule has 16 heteroatoms. The number of likely N-dealkylation sites (N-methyl/N-ethyl adjacent to an activating group) is 2. The molecular formula is C47H72N6O10. The van der Waals surface area contributed by atoms with Crippen LogP contribution < -0.4 is 16.0 Å². The Balaban J connectivity index is 2.43. The Labute approximate surface area is 373 Å². The highest BCUT2D eigenvalue weighted by molar-refractivity contribution is 6.12. The highest BCUT2D eigenvalue weighted by atomic mass is 16.6.